The molecule has 1 N–H and O–H groups in total. The first kappa shape index (κ1) is 24.2. The molecular weight excluding hydrogens is 495 g/mol. The number of imidazole rings is 1. The molecule has 2 aromatic carbocycles. The number of carbonyl (C=O) groups excluding carboxylic acids is 1. The van der Waals surface area contributed by atoms with E-state index in [9.17, 15) is 4.79 Å². The fourth-order valence-electron chi connectivity index (χ4n) is 4.75. The van der Waals surface area contributed by atoms with Gasteiger partial charge in [0.25, 0.3) is 11.7 Å². The number of fused-ring (bicyclic) bond motifs is 2. The number of nitrogens with zero attached hydrogens (tertiary/aromatic N) is 7. The Bertz CT molecular complexity index is 1820. The summed E-state index contributed by atoms with van der Waals surface area (Å²) in [5.74, 6) is -0.626. The van der Waals surface area contributed by atoms with Gasteiger partial charge in [0.15, 0.2) is 0 Å². The molecule has 1 aliphatic rings. The first-order valence-electron chi connectivity index (χ1n) is 12.3. The van der Waals surface area contributed by atoms with Gasteiger partial charge in [-0.15, -0.1) is 0 Å². The molecule has 1 aliphatic carbocycles. The Morgan fingerprint density at radius 1 is 1.13 bits per heavy atom. The number of amides is 1. The maximum absolute atomic E-state index is 15.1. The maximum atomic E-state index is 15.1. The SMILES string of the molecule is C=NC=N/C(=C\C)NC(=O)c1ccc(-c2cnc3ncc(C4(c5ccc6ncccc6c5)CC4)n3n2)cc1F. The van der Waals surface area contributed by atoms with E-state index < -0.39 is 11.7 Å². The highest BCUT2D eigenvalue weighted by Gasteiger charge is 2.48. The van der Waals surface area contributed by atoms with Gasteiger partial charge >= 0.3 is 0 Å². The normalized spacial score (nSPS) is 14.7. The fourth-order valence-corrected chi connectivity index (χ4v) is 4.75. The van der Waals surface area contributed by atoms with Gasteiger partial charge in [-0.3, -0.25) is 14.8 Å². The highest BCUT2D eigenvalue weighted by molar-refractivity contribution is 5.96. The van der Waals surface area contributed by atoms with E-state index >= 15 is 4.39 Å². The number of rotatable bonds is 7. The molecule has 39 heavy (non-hydrogen) atoms. The van der Waals surface area contributed by atoms with Gasteiger partial charge in [0.05, 0.1) is 29.2 Å². The van der Waals surface area contributed by atoms with Gasteiger partial charge in [-0.1, -0.05) is 18.2 Å². The number of hydrogen-bond donors (Lipinski definition) is 1. The van der Waals surface area contributed by atoms with E-state index in [1.807, 2.05) is 18.3 Å². The number of pyridine rings is 1. The summed E-state index contributed by atoms with van der Waals surface area (Å²) >= 11 is 0. The van der Waals surface area contributed by atoms with Crippen molar-refractivity contribution in [3.05, 3.63) is 102 Å². The van der Waals surface area contributed by atoms with E-state index in [0.717, 1.165) is 29.4 Å². The monoisotopic (exact) mass is 518 g/mol. The second-order valence-corrected chi connectivity index (χ2v) is 9.24. The molecule has 192 valence electrons. The van der Waals surface area contributed by atoms with Crippen LogP contribution in [0.3, 0.4) is 0 Å². The summed E-state index contributed by atoms with van der Waals surface area (Å²) in [6.07, 6.45) is 9.83. The van der Waals surface area contributed by atoms with Gasteiger partial charge in [-0.25, -0.2) is 19.4 Å². The largest absolute Gasteiger partial charge is 0.307 e. The number of carbonyl (C=O) groups is 1. The third kappa shape index (κ3) is 4.35. The molecule has 0 radical (unpaired) electrons. The molecule has 3 aromatic heterocycles. The standard InChI is InChI=1S/C29H23FN8O/c1-3-26(35-17-31-2)36-27(39)21-8-6-19(14-22(21)30)24-15-33-28-34-16-25(38(28)37-24)29(10-11-29)20-7-9-23-18(13-20)5-4-12-32-23/h3-9,12-17H,2,10-11H2,1H3,(H,36,39)/b26-3+,35-17?. The van der Waals surface area contributed by atoms with Crippen LogP contribution < -0.4 is 5.32 Å². The van der Waals surface area contributed by atoms with Crippen LogP contribution in [0.1, 0.15) is 41.4 Å². The minimum atomic E-state index is -0.692. The smallest absolute Gasteiger partial charge is 0.259 e. The number of aromatic nitrogens is 5. The molecule has 10 heteroatoms. The van der Waals surface area contributed by atoms with Gasteiger partial charge in [-0.2, -0.15) is 9.61 Å². The Balaban J connectivity index is 1.33. The third-order valence-corrected chi connectivity index (χ3v) is 6.93. The molecule has 1 fully saturated rings. The van der Waals surface area contributed by atoms with Crippen molar-refractivity contribution in [2.24, 2.45) is 9.98 Å². The van der Waals surface area contributed by atoms with Crippen LogP contribution in [-0.4, -0.2) is 43.5 Å². The molecule has 6 rings (SSSR count). The number of aliphatic imine (C=N–C) groups is 2. The van der Waals surface area contributed by atoms with E-state index in [-0.39, 0.29) is 16.8 Å². The molecule has 5 aromatic rings. The molecule has 1 amide bonds. The minimum absolute atomic E-state index is 0.125. The van der Waals surface area contributed by atoms with E-state index in [2.05, 4.69) is 55.2 Å². The van der Waals surface area contributed by atoms with Crippen molar-refractivity contribution in [2.45, 2.75) is 25.2 Å². The van der Waals surface area contributed by atoms with Crippen molar-refractivity contribution in [1.29, 1.82) is 0 Å². The Morgan fingerprint density at radius 2 is 1.97 bits per heavy atom. The van der Waals surface area contributed by atoms with Crippen molar-refractivity contribution >= 4 is 35.6 Å². The van der Waals surface area contributed by atoms with Crippen LogP contribution in [0.25, 0.3) is 27.9 Å². The lowest BCUT2D eigenvalue weighted by atomic mass is 9.91. The summed E-state index contributed by atoms with van der Waals surface area (Å²) in [7, 11) is 0. The molecule has 0 aliphatic heterocycles. The van der Waals surface area contributed by atoms with Crippen LogP contribution in [0.15, 0.2) is 89.0 Å². The van der Waals surface area contributed by atoms with Gasteiger partial charge in [0, 0.05) is 22.6 Å². The Morgan fingerprint density at radius 3 is 2.74 bits per heavy atom. The number of benzene rings is 2. The molecule has 0 atom stereocenters. The van der Waals surface area contributed by atoms with Crippen molar-refractivity contribution in [2.75, 3.05) is 0 Å². The first-order valence-corrected chi connectivity index (χ1v) is 12.3. The van der Waals surface area contributed by atoms with Crippen molar-refractivity contribution < 1.29 is 9.18 Å². The molecule has 3 heterocycles. The van der Waals surface area contributed by atoms with Crippen molar-refractivity contribution in [1.82, 2.24) is 29.9 Å². The third-order valence-electron chi connectivity index (χ3n) is 6.93. The summed E-state index contributed by atoms with van der Waals surface area (Å²) in [6, 6.07) is 14.6. The first-order chi connectivity index (χ1) is 19.0. The summed E-state index contributed by atoms with van der Waals surface area (Å²) in [6.45, 7) is 4.99. The van der Waals surface area contributed by atoms with Crippen LogP contribution in [0, 0.1) is 5.82 Å². The van der Waals surface area contributed by atoms with Crippen LogP contribution in [-0.2, 0) is 5.41 Å². The van der Waals surface area contributed by atoms with Crippen LogP contribution in [0.2, 0.25) is 0 Å². The van der Waals surface area contributed by atoms with E-state index in [1.165, 1.54) is 24.0 Å². The van der Waals surface area contributed by atoms with Gasteiger partial charge in [0.1, 0.15) is 23.7 Å². The molecule has 0 unspecified atom stereocenters. The zero-order valence-electron chi connectivity index (χ0n) is 21.0. The van der Waals surface area contributed by atoms with Crippen LogP contribution >= 0.6 is 0 Å². The van der Waals surface area contributed by atoms with Crippen molar-refractivity contribution in [3.8, 4) is 11.3 Å². The number of allylic oxidation sites excluding steroid dienone is 1. The molecular formula is C29H23FN8O. The minimum Gasteiger partial charge on any atom is -0.307 e. The van der Waals surface area contributed by atoms with E-state index in [0.29, 0.717) is 17.0 Å². The highest BCUT2D eigenvalue weighted by Crippen LogP contribution is 2.53. The summed E-state index contributed by atoms with van der Waals surface area (Å²) < 4.78 is 16.8. The lowest BCUT2D eigenvalue weighted by Crippen LogP contribution is -2.23. The highest BCUT2D eigenvalue weighted by atomic mass is 19.1. The molecule has 0 spiro atoms. The molecule has 0 saturated heterocycles. The average Bonchev–Trinajstić information content (AvgIpc) is 3.66. The van der Waals surface area contributed by atoms with E-state index in [1.54, 1.807) is 36.0 Å². The molecule has 0 bridgehead atoms. The predicted molar refractivity (Wildman–Crippen MR) is 147 cm³/mol. The number of nitrogens with one attached hydrogen (secondary N) is 1. The fraction of sp³-hybridized carbons (Fsp3) is 0.138. The summed E-state index contributed by atoms with van der Waals surface area (Å²) in [5, 5.41) is 8.40. The molecule has 1 saturated carbocycles. The van der Waals surface area contributed by atoms with E-state index in [4.69, 9.17) is 5.10 Å². The lowest BCUT2D eigenvalue weighted by Gasteiger charge is -2.16. The number of halogens is 1. The molecule has 9 nitrogen and oxygen atoms in total. The Kier molecular flexibility index (Phi) is 5.99. The zero-order valence-corrected chi connectivity index (χ0v) is 21.0. The van der Waals surface area contributed by atoms with Crippen LogP contribution in [0.4, 0.5) is 4.39 Å². The summed E-state index contributed by atoms with van der Waals surface area (Å²) in [4.78, 5) is 33.4. The predicted octanol–water partition coefficient (Wildman–Crippen LogP) is 4.88. The number of hydrogen-bond acceptors (Lipinski definition) is 6. The lowest BCUT2D eigenvalue weighted by molar-refractivity contribution is 0.0961. The zero-order chi connectivity index (χ0) is 27.0. The quantitative estimate of drug-likeness (QED) is 0.244. The topological polar surface area (TPSA) is 110 Å². The summed E-state index contributed by atoms with van der Waals surface area (Å²) in [5.41, 5.74) is 3.65. The maximum Gasteiger partial charge on any atom is 0.259 e. The average molecular weight is 519 g/mol. The second-order valence-electron chi connectivity index (χ2n) is 9.24. The van der Waals surface area contributed by atoms with Gasteiger partial charge in [-0.05, 0) is 68.5 Å². The Hall–Kier alpha value is -5.12. The second kappa shape index (κ2) is 9.64. The van der Waals surface area contributed by atoms with Gasteiger partial charge < -0.3 is 5.32 Å². The Labute approximate surface area is 222 Å². The van der Waals surface area contributed by atoms with Crippen LogP contribution in [0.5, 0.6) is 0 Å². The van der Waals surface area contributed by atoms with Crippen molar-refractivity contribution in [3.63, 3.8) is 0 Å². The van der Waals surface area contributed by atoms with Gasteiger partial charge in [0.2, 0.25) is 0 Å².